The van der Waals surface area contributed by atoms with E-state index in [4.69, 9.17) is 18.9 Å². The number of esters is 1. The first-order valence-corrected chi connectivity index (χ1v) is 10.5. The van der Waals surface area contributed by atoms with Gasteiger partial charge in [-0.1, -0.05) is 6.07 Å². The van der Waals surface area contributed by atoms with Gasteiger partial charge < -0.3 is 33.9 Å². The Bertz CT molecular complexity index is 789. The summed E-state index contributed by atoms with van der Waals surface area (Å²) < 4.78 is 25.2. The summed E-state index contributed by atoms with van der Waals surface area (Å²) in [6.45, 7) is 2.62. The highest BCUT2D eigenvalue weighted by molar-refractivity contribution is 7.99. The van der Waals surface area contributed by atoms with Crippen LogP contribution in [0, 0.1) is 0 Å². The molecule has 164 valence electrons. The number of carbonyl (C=O) groups is 3. The number of nitrogens with one attached hydrogen (secondary N) is 1. The van der Waals surface area contributed by atoms with Crippen LogP contribution in [0.2, 0.25) is 0 Å². The average molecular weight is 441 g/mol. The molecule has 1 aromatic rings. The number of methoxy groups -OCH3 is 1. The Kier molecular flexibility index (Phi) is 8.66. The van der Waals surface area contributed by atoms with Gasteiger partial charge in [-0.15, -0.1) is 0 Å². The fourth-order valence-corrected chi connectivity index (χ4v) is 3.08. The van der Waals surface area contributed by atoms with Crippen molar-refractivity contribution >= 4 is 36.9 Å². The van der Waals surface area contributed by atoms with Gasteiger partial charge in [-0.25, -0.2) is 9.59 Å². The predicted octanol–water partition coefficient (Wildman–Crippen LogP) is 1.17. The van der Waals surface area contributed by atoms with Crippen molar-refractivity contribution in [3.63, 3.8) is 0 Å². The predicted molar refractivity (Wildman–Crippen MR) is 109 cm³/mol. The van der Waals surface area contributed by atoms with Crippen LogP contribution in [0.25, 0.3) is 0 Å². The molecule has 0 aliphatic carbocycles. The van der Waals surface area contributed by atoms with Crippen LogP contribution in [-0.2, 0) is 25.4 Å². The lowest BCUT2D eigenvalue weighted by molar-refractivity contribution is -0.119. The molecule has 0 bridgehead atoms. The molecule has 12 heteroatoms. The standard InChI is InChI=1S/C18H24BNO9S/c1-10(2)28-18(23)27-9-26-17(22)15-12(25-3)6-5-11-7-13(19(24)29-16(11)15)20-14(21)8-30-4/h5-6,10,13,24H,7-9H2,1-4H3,(H,20,21)/t13-/m0/s1. The molecule has 0 saturated carbocycles. The highest BCUT2D eigenvalue weighted by Crippen LogP contribution is 2.36. The number of hydrogen-bond acceptors (Lipinski definition) is 10. The lowest BCUT2D eigenvalue weighted by Crippen LogP contribution is -2.53. The van der Waals surface area contributed by atoms with Gasteiger partial charge in [0.25, 0.3) is 0 Å². The second-order valence-corrected chi connectivity index (χ2v) is 7.43. The molecule has 1 heterocycles. The van der Waals surface area contributed by atoms with Gasteiger partial charge in [0.05, 0.1) is 24.9 Å². The molecule has 1 atom stereocenters. The van der Waals surface area contributed by atoms with Crippen LogP contribution in [-0.4, -0.2) is 68.1 Å². The maximum atomic E-state index is 12.6. The van der Waals surface area contributed by atoms with E-state index in [1.165, 1.54) is 18.9 Å². The van der Waals surface area contributed by atoms with Crippen LogP contribution in [0.4, 0.5) is 4.79 Å². The van der Waals surface area contributed by atoms with E-state index in [2.05, 4.69) is 10.1 Å². The Labute approximate surface area is 178 Å². The number of thioether (sulfide) groups is 1. The van der Waals surface area contributed by atoms with E-state index >= 15 is 0 Å². The van der Waals surface area contributed by atoms with Crippen LogP contribution in [0.1, 0.15) is 29.8 Å². The lowest BCUT2D eigenvalue weighted by Gasteiger charge is -2.29. The third kappa shape index (κ3) is 6.20. The summed E-state index contributed by atoms with van der Waals surface area (Å²) in [5, 5.41) is 13.0. The normalized spacial score (nSPS) is 15.0. The van der Waals surface area contributed by atoms with Crippen molar-refractivity contribution in [1.29, 1.82) is 0 Å². The molecule has 0 saturated heterocycles. The van der Waals surface area contributed by atoms with Crippen molar-refractivity contribution in [3.05, 3.63) is 23.3 Å². The molecule has 0 radical (unpaired) electrons. The summed E-state index contributed by atoms with van der Waals surface area (Å²) in [5.41, 5.74) is 0.506. The number of ether oxygens (including phenoxy) is 4. The quantitative estimate of drug-likeness (QED) is 0.345. The van der Waals surface area contributed by atoms with Crippen LogP contribution >= 0.6 is 11.8 Å². The fourth-order valence-electron chi connectivity index (χ4n) is 2.74. The SMILES string of the molecule is COc1ccc2c(c1C(=O)OCOC(=O)OC(C)C)OB(O)[C@@H](NC(=O)CSC)C2. The highest BCUT2D eigenvalue weighted by Gasteiger charge is 2.39. The summed E-state index contributed by atoms with van der Waals surface area (Å²) in [7, 11) is -0.0149. The van der Waals surface area contributed by atoms with E-state index in [1.54, 1.807) is 32.2 Å². The molecular formula is C18H24BNO9S. The van der Waals surface area contributed by atoms with Crippen molar-refractivity contribution < 1.29 is 43.0 Å². The maximum Gasteiger partial charge on any atom is 0.547 e. The van der Waals surface area contributed by atoms with Gasteiger partial charge in [-0.2, -0.15) is 11.8 Å². The molecule has 1 amide bonds. The van der Waals surface area contributed by atoms with E-state index < -0.39 is 32.0 Å². The topological polar surface area (TPSA) is 130 Å². The first-order chi connectivity index (χ1) is 14.3. The minimum atomic E-state index is -1.38. The molecule has 10 nitrogen and oxygen atoms in total. The third-order valence-corrected chi connectivity index (χ3v) is 4.52. The number of rotatable bonds is 8. The van der Waals surface area contributed by atoms with Crippen molar-refractivity contribution in [3.8, 4) is 11.5 Å². The smallest absolute Gasteiger partial charge is 0.534 e. The minimum Gasteiger partial charge on any atom is -0.534 e. The van der Waals surface area contributed by atoms with Crippen molar-refractivity contribution in [1.82, 2.24) is 5.32 Å². The van der Waals surface area contributed by atoms with Crippen LogP contribution in [0.15, 0.2) is 12.1 Å². The summed E-state index contributed by atoms with van der Waals surface area (Å²) in [6.07, 6.45) is 0.668. The zero-order valence-electron chi connectivity index (χ0n) is 17.1. The van der Waals surface area contributed by atoms with E-state index in [-0.39, 0.29) is 41.2 Å². The van der Waals surface area contributed by atoms with Gasteiger partial charge in [0.1, 0.15) is 17.1 Å². The largest absolute Gasteiger partial charge is 0.547 e. The molecule has 30 heavy (non-hydrogen) atoms. The number of carbonyl (C=O) groups excluding carboxylic acids is 3. The summed E-state index contributed by atoms with van der Waals surface area (Å²) >= 11 is 1.35. The highest BCUT2D eigenvalue weighted by atomic mass is 32.2. The Morgan fingerprint density at radius 3 is 2.70 bits per heavy atom. The van der Waals surface area contributed by atoms with Crippen molar-refractivity contribution in [2.75, 3.05) is 25.9 Å². The van der Waals surface area contributed by atoms with Gasteiger partial charge in [0.2, 0.25) is 12.7 Å². The number of hydrogen-bond donors (Lipinski definition) is 2. The summed E-state index contributed by atoms with van der Waals surface area (Å²) in [5.74, 6) is -1.32. The van der Waals surface area contributed by atoms with E-state index in [0.29, 0.717) is 5.56 Å². The van der Waals surface area contributed by atoms with Crippen LogP contribution in [0.3, 0.4) is 0 Å². The van der Waals surface area contributed by atoms with Gasteiger partial charge >= 0.3 is 19.2 Å². The third-order valence-electron chi connectivity index (χ3n) is 3.97. The molecule has 0 fully saturated rings. The molecule has 1 aliphatic heterocycles. The zero-order chi connectivity index (χ0) is 22.3. The van der Waals surface area contributed by atoms with E-state index in [1.807, 2.05) is 0 Å². The molecule has 1 aromatic carbocycles. The van der Waals surface area contributed by atoms with Gasteiger partial charge in [-0.3, -0.25) is 4.79 Å². The molecular weight excluding hydrogens is 417 g/mol. The van der Waals surface area contributed by atoms with Gasteiger partial charge in [0.15, 0.2) is 0 Å². The Hall–Kier alpha value is -2.60. The van der Waals surface area contributed by atoms with Crippen LogP contribution in [0.5, 0.6) is 11.5 Å². The Morgan fingerprint density at radius 1 is 1.33 bits per heavy atom. The fraction of sp³-hybridized carbons (Fsp3) is 0.500. The number of fused-ring (bicyclic) bond motifs is 1. The molecule has 0 unspecified atom stereocenters. The second kappa shape index (κ2) is 11.0. The zero-order valence-corrected chi connectivity index (χ0v) is 17.9. The summed E-state index contributed by atoms with van der Waals surface area (Å²) in [4.78, 5) is 35.8. The average Bonchev–Trinajstić information content (AvgIpc) is 2.67. The van der Waals surface area contributed by atoms with Gasteiger partial charge in [0, 0.05) is 0 Å². The molecule has 0 aromatic heterocycles. The first kappa shape index (κ1) is 23.7. The Morgan fingerprint density at radius 2 is 2.07 bits per heavy atom. The molecule has 2 N–H and O–H groups in total. The number of benzene rings is 1. The Balaban J connectivity index is 2.14. The second-order valence-electron chi connectivity index (χ2n) is 6.56. The summed E-state index contributed by atoms with van der Waals surface area (Å²) in [6, 6.07) is 3.21. The monoisotopic (exact) mass is 441 g/mol. The number of amides is 1. The lowest BCUT2D eigenvalue weighted by atomic mass is 9.72. The van der Waals surface area contributed by atoms with Gasteiger partial charge in [-0.05, 0) is 38.2 Å². The van der Waals surface area contributed by atoms with E-state index in [9.17, 15) is 19.4 Å². The van der Waals surface area contributed by atoms with Crippen molar-refractivity contribution in [2.24, 2.45) is 0 Å². The molecule has 0 spiro atoms. The molecule has 1 aliphatic rings. The minimum absolute atomic E-state index is 0.0660. The molecule has 2 rings (SSSR count). The van der Waals surface area contributed by atoms with Crippen LogP contribution < -0.4 is 14.7 Å². The van der Waals surface area contributed by atoms with E-state index in [0.717, 1.165) is 0 Å². The maximum absolute atomic E-state index is 12.6. The first-order valence-electron chi connectivity index (χ1n) is 9.10. The van der Waals surface area contributed by atoms with Crippen molar-refractivity contribution in [2.45, 2.75) is 32.3 Å².